The molecule has 10 heteroatoms. The number of carbonyl (C=O) groups excluding carboxylic acids is 4. The zero-order valence-electron chi connectivity index (χ0n) is 19.4. The third-order valence-corrected chi connectivity index (χ3v) is 7.00. The first-order valence-electron chi connectivity index (χ1n) is 11.1. The van der Waals surface area contributed by atoms with E-state index in [0.717, 1.165) is 11.3 Å². The van der Waals surface area contributed by atoms with Gasteiger partial charge < -0.3 is 19.9 Å². The Bertz CT molecular complexity index is 899. The predicted molar refractivity (Wildman–Crippen MR) is 120 cm³/mol. The van der Waals surface area contributed by atoms with Gasteiger partial charge in [0.2, 0.25) is 17.7 Å². The Hall–Kier alpha value is -2.49. The quantitative estimate of drug-likeness (QED) is 0.671. The molecular formula is C22H32N4O5S. The molecule has 0 aliphatic carbocycles. The molecule has 1 aromatic rings. The van der Waals surface area contributed by atoms with Crippen molar-refractivity contribution < 1.29 is 23.9 Å². The summed E-state index contributed by atoms with van der Waals surface area (Å²) in [6.07, 6.45) is 1.36. The summed E-state index contributed by atoms with van der Waals surface area (Å²) >= 11 is 1.11. The topological polar surface area (TPSA) is 109 Å². The van der Waals surface area contributed by atoms with Crippen molar-refractivity contribution >= 4 is 40.2 Å². The van der Waals surface area contributed by atoms with Crippen LogP contribution in [-0.4, -0.2) is 70.3 Å². The number of ether oxygens (including phenoxy) is 1. The van der Waals surface area contributed by atoms with E-state index in [-0.39, 0.29) is 48.1 Å². The Kier molecular flexibility index (Phi) is 7.22. The number of carbonyl (C=O) groups is 4. The van der Waals surface area contributed by atoms with Gasteiger partial charge in [0.05, 0.1) is 18.2 Å². The number of hydrogen-bond donors (Lipinski definition) is 1. The first kappa shape index (κ1) is 24.2. The number of aryl methyl sites for hydroxylation is 1. The van der Waals surface area contributed by atoms with Crippen molar-refractivity contribution in [3.05, 3.63) is 10.6 Å². The van der Waals surface area contributed by atoms with E-state index in [0.29, 0.717) is 48.2 Å². The summed E-state index contributed by atoms with van der Waals surface area (Å²) in [4.78, 5) is 58.1. The number of nitrogens with zero attached hydrogens (tertiary/aromatic N) is 3. The second-order valence-electron chi connectivity index (χ2n) is 9.32. The summed E-state index contributed by atoms with van der Waals surface area (Å²) in [7, 11) is 0. The molecule has 1 N–H and O–H groups in total. The first-order valence-corrected chi connectivity index (χ1v) is 11.9. The predicted octanol–water partition coefficient (Wildman–Crippen LogP) is 2.45. The molecule has 1 unspecified atom stereocenters. The molecule has 3 heterocycles. The number of nitrogens with one attached hydrogen (secondary N) is 1. The minimum atomic E-state index is -0.440. The molecule has 3 amide bonds. The Morgan fingerprint density at radius 1 is 1.19 bits per heavy atom. The van der Waals surface area contributed by atoms with Crippen molar-refractivity contribution in [3.8, 4) is 0 Å². The number of esters is 1. The second-order valence-corrected chi connectivity index (χ2v) is 10.3. The molecule has 32 heavy (non-hydrogen) atoms. The first-order chi connectivity index (χ1) is 15.0. The van der Waals surface area contributed by atoms with Gasteiger partial charge in [-0.3, -0.25) is 14.4 Å². The number of piperidine rings is 1. The van der Waals surface area contributed by atoms with Crippen LogP contribution in [0.25, 0.3) is 0 Å². The minimum absolute atomic E-state index is 0.00131. The fourth-order valence-electron chi connectivity index (χ4n) is 4.18. The maximum atomic E-state index is 12.9. The lowest BCUT2D eigenvalue weighted by molar-refractivity contribution is -0.138. The molecule has 0 saturated carbocycles. The van der Waals surface area contributed by atoms with Gasteiger partial charge >= 0.3 is 5.97 Å². The van der Waals surface area contributed by atoms with E-state index in [4.69, 9.17) is 4.74 Å². The average molecular weight is 465 g/mol. The van der Waals surface area contributed by atoms with Gasteiger partial charge in [-0.2, -0.15) is 0 Å². The molecule has 0 radical (unpaired) electrons. The lowest BCUT2D eigenvalue weighted by Crippen LogP contribution is -2.46. The number of rotatable bonds is 5. The molecule has 1 atom stereocenters. The molecule has 3 rings (SSSR count). The number of amides is 3. The highest BCUT2D eigenvalue weighted by Crippen LogP contribution is 2.29. The van der Waals surface area contributed by atoms with Crippen molar-refractivity contribution in [1.82, 2.24) is 14.8 Å². The number of thiazole rings is 1. The van der Waals surface area contributed by atoms with E-state index in [2.05, 4.69) is 10.3 Å². The van der Waals surface area contributed by atoms with E-state index < -0.39 is 5.97 Å². The smallest absolute Gasteiger partial charge is 0.350 e. The van der Waals surface area contributed by atoms with Crippen LogP contribution in [0, 0.1) is 18.8 Å². The molecular weight excluding hydrogens is 432 g/mol. The van der Waals surface area contributed by atoms with Gasteiger partial charge in [0.1, 0.15) is 4.88 Å². The van der Waals surface area contributed by atoms with E-state index in [1.54, 1.807) is 23.6 Å². The van der Waals surface area contributed by atoms with Crippen LogP contribution >= 0.6 is 11.3 Å². The van der Waals surface area contributed by atoms with Crippen LogP contribution in [0.3, 0.4) is 0 Å². The minimum Gasteiger partial charge on any atom is -0.462 e. The lowest BCUT2D eigenvalue weighted by Gasteiger charge is -2.34. The Labute approximate surface area is 192 Å². The molecule has 176 valence electrons. The lowest BCUT2D eigenvalue weighted by atomic mass is 9.94. The molecule has 0 bridgehead atoms. The molecule has 0 spiro atoms. The van der Waals surface area contributed by atoms with Crippen molar-refractivity contribution in [2.45, 2.75) is 59.4 Å². The highest BCUT2D eigenvalue weighted by molar-refractivity contribution is 7.17. The standard InChI is InChI=1S/C22H32N4O5S/c1-6-31-20(30)17-13(2)23-21(32-17)24-18(28)14-7-9-25(10-8-14)19(29)15-11-16(27)26(12-15)22(3,4)5/h14-15H,6-12H2,1-5H3,(H,23,24,28). The molecule has 2 aliphatic heterocycles. The molecule has 2 fully saturated rings. The summed E-state index contributed by atoms with van der Waals surface area (Å²) in [6.45, 7) is 11.1. The van der Waals surface area contributed by atoms with Gasteiger partial charge in [0, 0.05) is 37.5 Å². The zero-order valence-corrected chi connectivity index (χ0v) is 20.2. The van der Waals surface area contributed by atoms with Crippen LogP contribution in [0.4, 0.5) is 5.13 Å². The third kappa shape index (κ3) is 5.28. The monoisotopic (exact) mass is 464 g/mol. The van der Waals surface area contributed by atoms with E-state index in [9.17, 15) is 19.2 Å². The Morgan fingerprint density at radius 2 is 1.84 bits per heavy atom. The zero-order chi connectivity index (χ0) is 23.6. The van der Waals surface area contributed by atoms with Gasteiger partial charge in [0.25, 0.3) is 0 Å². The van der Waals surface area contributed by atoms with Crippen molar-refractivity contribution in [2.75, 3.05) is 31.6 Å². The van der Waals surface area contributed by atoms with Crippen LogP contribution in [0.15, 0.2) is 0 Å². The fourth-order valence-corrected chi connectivity index (χ4v) is 5.05. The summed E-state index contributed by atoms with van der Waals surface area (Å²) in [6, 6.07) is 0. The van der Waals surface area contributed by atoms with E-state index in [1.165, 1.54) is 0 Å². The summed E-state index contributed by atoms with van der Waals surface area (Å²) < 4.78 is 5.01. The highest BCUT2D eigenvalue weighted by Gasteiger charge is 2.41. The van der Waals surface area contributed by atoms with Crippen LogP contribution in [0.1, 0.15) is 62.3 Å². The largest absolute Gasteiger partial charge is 0.462 e. The van der Waals surface area contributed by atoms with Crippen LogP contribution in [-0.2, 0) is 19.1 Å². The number of anilines is 1. The average Bonchev–Trinajstić information content (AvgIpc) is 3.30. The maximum Gasteiger partial charge on any atom is 0.350 e. The number of aromatic nitrogens is 1. The van der Waals surface area contributed by atoms with E-state index >= 15 is 0 Å². The third-order valence-electron chi connectivity index (χ3n) is 5.95. The normalized spacial score (nSPS) is 19.9. The summed E-state index contributed by atoms with van der Waals surface area (Å²) in [5.74, 6) is -1.12. The molecule has 0 aromatic carbocycles. The van der Waals surface area contributed by atoms with Crippen molar-refractivity contribution in [3.63, 3.8) is 0 Å². The number of hydrogen-bond acceptors (Lipinski definition) is 7. The van der Waals surface area contributed by atoms with Gasteiger partial charge in [-0.05, 0) is 47.5 Å². The molecule has 2 saturated heterocycles. The fraction of sp³-hybridized carbons (Fsp3) is 0.682. The van der Waals surface area contributed by atoms with Gasteiger partial charge in [-0.25, -0.2) is 9.78 Å². The second kappa shape index (κ2) is 9.56. The number of likely N-dealkylation sites (tertiary alicyclic amines) is 2. The molecule has 2 aliphatic rings. The maximum absolute atomic E-state index is 12.9. The Morgan fingerprint density at radius 3 is 2.41 bits per heavy atom. The van der Waals surface area contributed by atoms with Crippen molar-refractivity contribution in [2.24, 2.45) is 11.8 Å². The molecule has 9 nitrogen and oxygen atoms in total. The van der Waals surface area contributed by atoms with Crippen molar-refractivity contribution in [1.29, 1.82) is 0 Å². The van der Waals surface area contributed by atoms with Crippen LogP contribution in [0.5, 0.6) is 0 Å². The van der Waals surface area contributed by atoms with E-state index in [1.807, 2.05) is 20.8 Å². The molecule has 1 aromatic heterocycles. The van der Waals surface area contributed by atoms with Gasteiger partial charge in [-0.1, -0.05) is 11.3 Å². The van der Waals surface area contributed by atoms with Gasteiger partial charge in [0.15, 0.2) is 5.13 Å². The summed E-state index contributed by atoms with van der Waals surface area (Å²) in [5.41, 5.74) is 0.234. The Balaban J connectivity index is 1.52. The highest BCUT2D eigenvalue weighted by atomic mass is 32.1. The van der Waals surface area contributed by atoms with Gasteiger partial charge in [-0.15, -0.1) is 0 Å². The summed E-state index contributed by atoms with van der Waals surface area (Å²) in [5, 5.41) is 3.18. The van der Waals surface area contributed by atoms with Crippen LogP contribution < -0.4 is 5.32 Å². The SMILES string of the molecule is CCOC(=O)c1sc(NC(=O)C2CCN(C(=O)C3CC(=O)N(C(C)(C)C)C3)CC2)nc1C. The van der Waals surface area contributed by atoms with Crippen LogP contribution in [0.2, 0.25) is 0 Å².